The number of anilines is 1. The number of carbonyl (C=O) groups excluding carboxylic acids is 1. The van der Waals surface area contributed by atoms with Crippen LogP contribution < -0.4 is 4.72 Å². The lowest BCUT2D eigenvalue weighted by Gasteiger charge is -2.13. The maximum absolute atomic E-state index is 12.8. The summed E-state index contributed by atoms with van der Waals surface area (Å²) in [6.07, 6.45) is 2.71. The van der Waals surface area contributed by atoms with Gasteiger partial charge in [0.05, 0.1) is 17.2 Å². The first-order valence-corrected chi connectivity index (χ1v) is 11.3. The predicted octanol–water partition coefficient (Wildman–Crippen LogP) is 3.31. The number of aromatic nitrogens is 3. The van der Waals surface area contributed by atoms with Crippen molar-refractivity contribution in [3.63, 3.8) is 0 Å². The van der Waals surface area contributed by atoms with Crippen LogP contribution in [-0.4, -0.2) is 40.5 Å². The number of hydrogen-bond acceptors (Lipinski definition) is 6. The van der Waals surface area contributed by atoms with E-state index >= 15 is 0 Å². The molecule has 146 valence electrons. The van der Waals surface area contributed by atoms with E-state index in [1.807, 2.05) is 42.7 Å². The minimum atomic E-state index is -3.35. The Morgan fingerprint density at radius 3 is 2.46 bits per heavy atom. The van der Waals surface area contributed by atoms with Gasteiger partial charge >= 0.3 is 0 Å². The molecule has 7 nitrogen and oxygen atoms in total. The van der Waals surface area contributed by atoms with Gasteiger partial charge in [0.25, 0.3) is 0 Å². The van der Waals surface area contributed by atoms with Crippen LogP contribution in [0.4, 0.5) is 5.69 Å². The first-order valence-electron chi connectivity index (χ1n) is 8.49. The molecule has 0 fully saturated rings. The molecule has 0 aliphatic carbocycles. The van der Waals surface area contributed by atoms with Crippen LogP contribution in [0.15, 0.2) is 60.0 Å². The molecule has 1 atom stereocenters. The first kappa shape index (κ1) is 20.1. The van der Waals surface area contributed by atoms with Gasteiger partial charge in [-0.05, 0) is 49.7 Å². The van der Waals surface area contributed by atoms with E-state index in [0.717, 1.165) is 17.5 Å². The average molecular weight is 417 g/mol. The zero-order valence-corrected chi connectivity index (χ0v) is 17.3. The van der Waals surface area contributed by atoms with E-state index in [2.05, 4.69) is 14.9 Å². The molecule has 3 rings (SSSR count). The Bertz CT molecular complexity index is 1090. The van der Waals surface area contributed by atoms with Gasteiger partial charge in [0, 0.05) is 11.3 Å². The van der Waals surface area contributed by atoms with E-state index < -0.39 is 10.0 Å². The van der Waals surface area contributed by atoms with Crippen molar-refractivity contribution in [2.75, 3.05) is 11.0 Å². The molecular weight excluding hydrogens is 396 g/mol. The molecule has 0 saturated carbocycles. The molecule has 0 saturated heterocycles. The van der Waals surface area contributed by atoms with Crippen LogP contribution in [0, 0.1) is 6.92 Å². The highest BCUT2D eigenvalue weighted by Gasteiger charge is 2.20. The molecule has 0 spiro atoms. The standard InChI is InChI=1S/C19H20N4O3S2/c1-13-6-4-5-7-17(13)23-12-20-21-19(23)27-14(2)18(24)15-8-10-16(11-9-15)22-28(3,25)26/h4-12,14,22H,1-3H3. The molecule has 1 N–H and O–H groups in total. The molecule has 1 aromatic heterocycles. The molecule has 3 aromatic rings. The number of thioether (sulfide) groups is 1. The SMILES string of the molecule is Cc1ccccc1-n1cnnc1SC(C)C(=O)c1ccc(NS(C)(=O)=O)cc1. The Morgan fingerprint density at radius 1 is 1.14 bits per heavy atom. The fourth-order valence-corrected chi connectivity index (χ4v) is 4.14. The monoisotopic (exact) mass is 416 g/mol. The summed E-state index contributed by atoms with van der Waals surface area (Å²) in [6, 6.07) is 14.2. The van der Waals surface area contributed by atoms with Gasteiger partial charge in [0.1, 0.15) is 6.33 Å². The molecule has 0 aliphatic heterocycles. The zero-order valence-electron chi connectivity index (χ0n) is 15.7. The highest BCUT2D eigenvalue weighted by atomic mass is 32.2. The van der Waals surface area contributed by atoms with Crippen LogP contribution in [0.3, 0.4) is 0 Å². The number of nitrogens with one attached hydrogen (secondary N) is 1. The Balaban J connectivity index is 1.75. The number of para-hydroxylation sites is 1. The van der Waals surface area contributed by atoms with Gasteiger partial charge in [0.15, 0.2) is 10.9 Å². The second kappa shape index (κ2) is 8.15. The predicted molar refractivity (Wildman–Crippen MR) is 111 cm³/mol. The van der Waals surface area contributed by atoms with Gasteiger partial charge < -0.3 is 0 Å². The summed E-state index contributed by atoms with van der Waals surface area (Å²) in [5, 5.41) is 8.38. The summed E-state index contributed by atoms with van der Waals surface area (Å²) < 4.78 is 26.8. The van der Waals surface area contributed by atoms with E-state index in [-0.39, 0.29) is 11.0 Å². The first-order chi connectivity index (χ1) is 13.2. The Hall–Kier alpha value is -2.65. The molecule has 0 radical (unpaired) electrons. The maximum Gasteiger partial charge on any atom is 0.229 e. The van der Waals surface area contributed by atoms with Crippen molar-refractivity contribution < 1.29 is 13.2 Å². The normalized spacial score (nSPS) is 12.5. The quantitative estimate of drug-likeness (QED) is 0.469. The van der Waals surface area contributed by atoms with Crippen LogP contribution in [0.25, 0.3) is 5.69 Å². The number of sulfonamides is 1. The molecular formula is C19H20N4O3S2. The Kier molecular flexibility index (Phi) is 5.85. The van der Waals surface area contributed by atoms with E-state index in [4.69, 9.17) is 0 Å². The molecule has 0 amide bonds. The number of benzene rings is 2. The summed E-state index contributed by atoms with van der Waals surface area (Å²) in [6.45, 7) is 3.82. The second-order valence-electron chi connectivity index (χ2n) is 6.35. The van der Waals surface area contributed by atoms with Crippen LogP contribution in [-0.2, 0) is 10.0 Å². The van der Waals surface area contributed by atoms with Crippen molar-refractivity contribution in [2.45, 2.75) is 24.3 Å². The number of Topliss-reactive ketones (excluding diaryl/α,β-unsaturated/α-hetero) is 1. The van der Waals surface area contributed by atoms with E-state index in [0.29, 0.717) is 16.4 Å². The topological polar surface area (TPSA) is 93.9 Å². The molecule has 2 aromatic carbocycles. The lowest BCUT2D eigenvalue weighted by atomic mass is 10.1. The molecule has 0 bridgehead atoms. The number of hydrogen-bond donors (Lipinski definition) is 1. The number of aryl methyl sites for hydroxylation is 1. The van der Waals surface area contributed by atoms with Crippen molar-refractivity contribution >= 4 is 33.3 Å². The van der Waals surface area contributed by atoms with Gasteiger partial charge in [-0.15, -0.1) is 10.2 Å². The Labute approximate surface area is 168 Å². The highest BCUT2D eigenvalue weighted by Crippen LogP contribution is 2.27. The van der Waals surface area contributed by atoms with E-state index in [1.165, 1.54) is 11.8 Å². The largest absolute Gasteiger partial charge is 0.293 e. The van der Waals surface area contributed by atoms with Crippen molar-refractivity contribution in [2.24, 2.45) is 0 Å². The Morgan fingerprint density at radius 2 is 1.82 bits per heavy atom. The lowest BCUT2D eigenvalue weighted by molar-refractivity contribution is 0.0994. The third-order valence-electron chi connectivity index (χ3n) is 4.02. The van der Waals surface area contributed by atoms with Gasteiger partial charge in [-0.2, -0.15) is 0 Å². The highest BCUT2D eigenvalue weighted by molar-refractivity contribution is 8.00. The number of carbonyl (C=O) groups is 1. The summed E-state index contributed by atoms with van der Waals surface area (Å²) in [5.41, 5.74) is 2.96. The van der Waals surface area contributed by atoms with Crippen LogP contribution in [0.1, 0.15) is 22.8 Å². The molecule has 9 heteroatoms. The molecule has 1 unspecified atom stereocenters. The van der Waals surface area contributed by atoms with Crippen molar-refractivity contribution in [3.8, 4) is 5.69 Å². The van der Waals surface area contributed by atoms with Crippen molar-refractivity contribution in [3.05, 3.63) is 66.0 Å². The fourth-order valence-electron chi connectivity index (χ4n) is 2.67. The maximum atomic E-state index is 12.8. The van der Waals surface area contributed by atoms with Crippen LogP contribution in [0.2, 0.25) is 0 Å². The third-order valence-corrected chi connectivity index (χ3v) is 5.68. The lowest BCUT2D eigenvalue weighted by Crippen LogP contribution is -2.15. The molecule has 28 heavy (non-hydrogen) atoms. The van der Waals surface area contributed by atoms with E-state index in [1.54, 1.807) is 30.6 Å². The smallest absolute Gasteiger partial charge is 0.229 e. The van der Waals surface area contributed by atoms with Gasteiger partial charge in [-0.3, -0.25) is 14.1 Å². The summed E-state index contributed by atoms with van der Waals surface area (Å²) in [5.74, 6) is -0.0739. The van der Waals surface area contributed by atoms with Crippen molar-refractivity contribution in [1.29, 1.82) is 0 Å². The molecule has 1 heterocycles. The summed E-state index contributed by atoms with van der Waals surface area (Å²) in [7, 11) is -3.35. The summed E-state index contributed by atoms with van der Waals surface area (Å²) >= 11 is 1.33. The summed E-state index contributed by atoms with van der Waals surface area (Å²) in [4.78, 5) is 12.8. The average Bonchev–Trinajstić information content (AvgIpc) is 3.08. The van der Waals surface area contributed by atoms with Gasteiger partial charge in [0.2, 0.25) is 10.0 Å². The van der Waals surface area contributed by atoms with Crippen molar-refractivity contribution in [1.82, 2.24) is 14.8 Å². The minimum absolute atomic E-state index is 0.0739. The van der Waals surface area contributed by atoms with Crippen LogP contribution in [0.5, 0.6) is 0 Å². The van der Waals surface area contributed by atoms with Gasteiger partial charge in [-0.1, -0.05) is 30.0 Å². The van der Waals surface area contributed by atoms with Gasteiger partial charge in [-0.25, -0.2) is 8.42 Å². The number of nitrogens with zero attached hydrogens (tertiary/aromatic N) is 3. The number of rotatable bonds is 7. The third kappa shape index (κ3) is 4.79. The minimum Gasteiger partial charge on any atom is -0.293 e. The molecule has 0 aliphatic rings. The zero-order chi connectivity index (χ0) is 20.3. The second-order valence-corrected chi connectivity index (χ2v) is 9.40. The van der Waals surface area contributed by atoms with E-state index in [9.17, 15) is 13.2 Å². The number of ketones is 1. The van der Waals surface area contributed by atoms with Crippen LogP contribution >= 0.6 is 11.8 Å². The fraction of sp³-hybridized carbons (Fsp3) is 0.211.